The standard InChI is InChI=1S/C42H48F4N4O7.C40H44F4N4O7/c1-10-12-23-41(42(44,45)46,53-26-29-17-14-13-15-18-29)36-49-48-35(55-36)33-32(50(37(51)56-39(4,5)6)38(52)57-40(7,8)9)24-27(3)34(47-33)54-31(16-11-2)25-28-19-21-30(43)22-20-28;1-25-22-30(48(35(49)54-37(2,3)4)36(50)55-38(5,6)7)31-33-46-47-34(53-33)39(40(42,43)44,51-24-27-14-10-8-11-15-27)21-13-9-12-16-29(52-32(25)45-31)23-26-17-19-28(41)20-18-26/h10-11,13-15,17-22,24,31H,1-2,12,16,23,25-26H2,3-9H3;8-12,14-15,17-20,22,29H,13,16,21,23-24H2,1-7H3/t31?,41-;29?,39-/m11/s1. The minimum atomic E-state index is -5.08. The number of carbonyl (C=O) groups is 4. The van der Waals surface area contributed by atoms with Crippen LogP contribution in [0.15, 0.2) is 168 Å². The zero-order valence-corrected chi connectivity index (χ0v) is 64.8. The van der Waals surface area contributed by atoms with Crippen LogP contribution in [0, 0.1) is 25.5 Å². The normalized spacial score (nSPS) is 15.7. The van der Waals surface area contributed by atoms with Crippen LogP contribution in [0.4, 0.5) is 65.7 Å². The molecule has 0 radical (unpaired) electrons. The average Bonchev–Trinajstić information content (AvgIpc) is 1.54. The third kappa shape index (κ3) is 23.4. The Morgan fingerprint density at radius 3 is 1.55 bits per heavy atom. The molecule has 0 saturated heterocycles. The number of fused-ring (bicyclic) bond motifs is 5. The molecule has 4 amide bonds. The third-order valence-corrected chi connectivity index (χ3v) is 16.3. The van der Waals surface area contributed by atoms with Gasteiger partial charge in [-0.05, 0) is 181 Å². The molecule has 4 atom stereocenters. The molecule has 0 aliphatic carbocycles. The summed E-state index contributed by atoms with van der Waals surface area (Å²) in [6.45, 7) is 28.7. The van der Waals surface area contributed by atoms with Crippen molar-refractivity contribution in [1.82, 2.24) is 30.4 Å². The largest absolute Gasteiger partial charge is 0.473 e. The molecule has 1 aliphatic heterocycles. The van der Waals surface area contributed by atoms with Crippen molar-refractivity contribution >= 4 is 35.7 Å². The lowest BCUT2D eigenvalue weighted by molar-refractivity contribution is -0.299. The number of hydrogen-bond donors (Lipinski definition) is 0. The molecule has 0 spiro atoms. The first-order valence-corrected chi connectivity index (χ1v) is 35.8. The van der Waals surface area contributed by atoms with E-state index < -0.39 is 149 Å². The van der Waals surface area contributed by atoms with E-state index in [9.17, 15) is 28.0 Å². The molecule has 1 aliphatic rings. The van der Waals surface area contributed by atoms with E-state index in [0.717, 1.165) is 11.1 Å². The minimum absolute atomic E-state index is 0.00758. The number of halogens is 8. The number of allylic oxidation sites excluding steroid dienone is 2. The van der Waals surface area contributed by atoms with Crippen molar-refractivity contribution in [1.29, 1.82) is 0 Å². The molecule has 9 rings (SSSR count). The lowest BCUT2D eigenvalue weighted by Crippen LogP contribution is -2.45. The molecule has 4 aromatic heterocycles. The highest BCUT2D eigenvalue weighted by atomic mass is 19.4. The Morgan fingerprint density at radius 1 is 0.580 bits per heavy atom. The number of ether oxygens (including phenoxy) is 8. The van der Waals surface area contributed by atoms with E-state index in [1.54, 1.807) is 200 Å². The zero-order valence-electron chi connectivity index (χ0n) is 64.8. The van der Waals surface area contributed by atoms with E-state index in [4.69, 9.17) is 46.7 Å². The summed E-state index contributed by atoms with van der Waals surface area (Å²) in [4.78, 5) is 65.6. The first-order valence-electron chi connectivity index (χ1n) is 35.8. The number of rotatable bonds is 21. The fourth-order valence-corrected chi connectivity index (χ4v) is 11.1. The van der Waals surface area contributed by atoms with Gasteiger partial charge in [0.25, 0.3) is 23.6 Å². The summed E-state index contributed by atoms with van der Waals surface area (Å²) in [6, 6.07) is 30.9. The van der Waals surface area contributed by atoms with Crippen molar-refractivity contribution in [2.24, 2.45) is 0 Å². The van der Waals surface area contributed by atoms with Gasteiger partial charge in [0.05, 0.1) is 24.6 Å². The van der Waals surface area contributed by atoms with Crippen molar-refractivity contribution in [3.63, 3.8) is 0 Å². The van der Waals surface area contributed by atoms with E-state index in [0.29, 0.717) is 38.5 Å². The van der Waals surface area contributed by atoms with E-state index in [1.807, 2.05) is 0 Å². The van der Waals surface area contributed by atoms with E-state index >= 15 is 26.3 Å². The summed E-state index contributed by atoms with van der Waals surface area (Å²) in [6.07, 6.45) is -10.4. The van der Waals surface area contributed by atoms with Gasteiger partial charge in [0.15, 0.2) is 11.4 Å². The van der Waals surface area contributed by atoms with Crippen LogP contribution in [-0.2, 0) is 65.7 Å². The number of imide groups is 2. The Labute approximate surface area is 644 Å². The van der Waals surface area contributed by atoms with Gasteiger partial charge in [-0.1, -0.05) is 109 Å². The monoisotopic (exact) mass is 1560 g/mol. The molecule has 30 heteroatoms. The van der Waals surface area contributed by atoms with Gasteiger partial charge in [-0.25, -0.2) is 37.9 Å². The van der Waals surface area contributed by atoms with Gasteiger partial charge in [0.2, 0.25) is 23.0 Å². The van der Waals surface area contributed by atoms with Gasteiger partial charge < -0.3 is 46.7 Å². The lowest BCUT2D eigenvalue weighted by atomic mass is 9.95. The maximum absolute atomic E-state index is 15.4. The minimum Gasteiger partial charge on any atom is -0.473 e. The smallest absolute Gasteiger partial charge is 0.426 e. The van der Waals surface area contributed by atoms with Gasteiger partial charge in [-0.3, -0.25) is 0 Å². The molecule has 4 bridgehead atoms. The molecule has 600 valence electrons. The van der Waals surface area contributed by atoms with E-state index in [-0.39, 0.29) is 60.9 Å². The number of carbonyl (C=O) groups excluding carboxylic acids is 4. The number of anilines is 2. The number of alkyl halides is 6. The summed E-state index contributed by atoms with van der Waals surface area (Å²) < 4.78 is 178. The second-order valence-electron chi connectivity index (χ2n) is 30.3. The number of pyridine rings is 2. The molecule has 0 N–H and O–H groups in total. The van der Waals surface area contributed by atoms with Crippen molar-refractivity contribution in [2.75, 3.05) is 9.80 Å². The van der Waals surface area contributed by atoms with Gasteiger partial charge in [-0.2, -0.15) is 36.1 Å². The van der Waals surface area contributed by atoms with Crippen LogP contribution in [0.5, 0.6) is 11.8 Å². The predicted octanol–water partition coefficient (Wildman–Crippen LogP) is 20.7. The van der Waals surface area contributed by atoms with Crippen molar-refractivity contribution in [3.8, 4) is 34.9 Å². The zero-order chi connectivity index (χ0) is 82.4. The summed E-state index contributed by atoms with van der Waals surface area (Å²) in [5, 5.41) is 15.7. The highest BCUT2D eigenvalue weighted by Gasteiger charge is 2.62. The number of amides is 4. The summed E-state index contributed by atoms with van der Waals surface area (Å²) in [7, 11) is 0. The number of aromatic nitrogens is 6. The fraction of sp³-hybridized carbons (Fsp3) is 0.415. The Hall–Kier alpha value is -10.9. The maximum atomic E-state index is 15.4. The van der Waals surface area contributed by atoms with E-state index in [2.05, 4.69) is 43.5 Å². The predicted molar refractivity (Wildman–Crippen MR) is 399 cm³/mol. The van der Waals surface area contributed by atoms with Crippen molar-refractivity contribution in [3.05, 3.63) is 216 Å². The Morgan fingerprint density at radius 2 is 1.06 bits per heavy atom. The van der Waals surface area contributed by atoms with Gasteiger partial charge in [-0.15, -0.1) is 33.6 Å². The van der Waals surface area contributed by atoms with Gasteiger partial charge in [0, 0.05) is 36.8 Å². The average molecular weight is 1570 g/mol. The molecule has 5 heterocycles. The fourth-order valence-electron chi connectivity index (χ4n) is 11.1. The lowest BCUT2D eigenvalue weighted by Gasteiger charge is -2.32. The van der Waals surface area contributed by atoms with Crippen LogP contribution in [0.3, 0.4) is 0 Å². The molecule has 8 aromatic rings. The Kier molecular flexibility index (Phi) is 27.9. The quantitative estimate of drug-likeness (QED) is 0.0368. The van der Waals surface area contributed by atoms with Crippen LogP contribution >= 0.6 is 0 Å². The van der Waals surface area contributed by atoms with Gasteiger partial charge >= 0.3 is 36.7 Å². The molecule has 2 unspecified atom stereocenters. The highest BCUT2D eigenvalue weighted by Crippen LogP contribution is 2.50. The highest BCUT2D eigenvalue weighted by molar-refractivity contribution is 6.12. The van der Waals surface area contributed by atoms with Crippen LogP contribution in [0.25, 0.3) is 23.2 Å². The van der Waals surface area contributed by atoms with Crippen molar-refractivity contribution in [2.45, 2.75) is 220 Å². The number of aryl methyl sites for hydroxylation is 2. The molecular formula is C82H92F8N8O14. The summed E-state index contributed by atoms with van der Waals surface area (Å²) in [5.74, 6) is -3.96. The molecular weight excluding hydrogens is 1470 g/mol. The third-order valence-electron chi connectivity index (χ3n) is 16.3. The second-order valence-corrected chi connectivity index (χ2v) is 30.3. The van der Waals surface area contributed by atoms with Crippen LogP contribution in [-0.4, -0.2) is 102 Å². The number of hydrogen-bond acceptors (Lipinski definition) is 20. The van der Waals surface area contributed by atoms with Gasteiger partial charge in [0.1, 0.15) is 46.2 Å². The van der Waals surface area contributed by atoms with Crippen LogP contribution in [0.2, 0.25) is 0 Å². The van der Waals surface area contributed by atoms with Crippen molar-refractivity contribution < 1.29 is 101 Å². The molecule has 112 heavy (non-hydrogen) atoms. The first-order chi connectivity index (χ1) is 52.4. The van der Waals surface area contributed by atoms with E-state index in [1.165, 1.54) is 42.5 Å². The van der Waals surface area contributed by atoms with Crippen LogP contribution in [0.1, 0.15) is 167 Å². The summed E-state index contributed by atoms with van der Waals surface area (Å²) >= 11 is 0. The summed E-state index contributed by atoms with van der Waals surface area (Å²) in [5.41, 5.74) is -8.96. The molecule has 4 aromatic carbocycles. The molecule has 0 fully saturated rings. The second kappa shape index (κ2) is 36.1. The first kappa shape index (κ1) is 86.7. The van der Waals surface area contributed by atoms with Crippen LogP contribution < -0.4 is 19.3 Å². The number of benzene rings is 4. The maximum Gasteiger partial charge on any atom is 0.426 e. The Balaban J connectivity index is 0.000000281. The topological polar surface area (TPSA) is 252 Å². The Bertz CT molecular complexity index is 4510. The molecule has 0 saturated carbocycles. The number of nitrogens with zero attached hydrogens (tertiary/aromatic N) is 8. The SMILES string of the molecule is C=CCC[C@@](OCc1ccccc1)(c1nnc(-c2nc(OC(CC=C)Cc3ccc(F)cc3)c(C)cc2N(C(=O)OC(C)(C)C)C(=O)OC(C)(C)C)o1)C(F)(F)F.Cc1cc(N(C(=O)OC(C)(C)C)C(=O)OC(C)(C)C)c2nc1OC(Cc1ccc(F)cc1)CC=CCC[C@](OCc1ccccc1)(C(F)(F)F)c1nnc-2o1. The molecule has 22 nitrogen and oxygen atoms in total.